The van der Waals surface area contributed by atoms with Crippen LogP contribution < -0.4 is 5.32 Å². The van der Waals surface area contributed by atoms with Crippen LogP contribution in [0.15, 0.2) is 12.3 Å². The third-order valence-electron chi connectivity index (χ3n) is 2.54. The number of hydrogen-bond acceptors (Lipinski definition) is 3. The number of hydrogen-bond donors (Lipinski definition) is 1. The Bertz CT molecular complexity index is 307. The first-order valence-electron chi connectivity index (χ1n) is 5.56. The van der Waals surface area contributed by atoms with Gasteiger partial charge in [-0.2, -0.15) is 0 Å². The Labute approximate surface area is 92.3 Å². The quantitative estimate of drug-likeness (QED) is 0.824. The van der Waals surface area contributed by atoms with E-state index in [-0.39, 0.29) is 6.04 Å². The van der Waals surface area contributed by atoms with Gasteiger partial charge in [-0.15, -0.1) is 0 Å². The van der Waals surface area contributed by atoms with Crippen LogP contribution in [-0.2, 0) is 0 Å². The molecule has 1 N–H and O–H groups in total. The molecule has 0 bridgehead atoms. The van der Waals surface area contributed by atoms with E-state index in [9.17, 15) is 0 Å². The molecule has 15 heavy (non-hydrogen) atoms. The van der Waals surface area contributed by atoms with E-state index in [1.54, 1.807) is 0 Å². The first-order chi connectivity index (χ1) is 7.06. The molecule has 0 aliphatic carbocycles. The van der Waals surface area contributed by atoms with Crippen molar-refractivity contribution in [3.63, 3.8) is 0 Å². The van der Waals surface area contributed by atoms with Gasteiger partial charge in [-0.25, -0.2) is 9.97 Å². The minimum Gasteiger partial charge on any atom is -0.310 e. The highest BCUT2D eigenvalue weighted by Crippen LogP contribution is 2.19. The highest BCUT2D eigenvalue weighted by Gasteiger charge is 2.16. The molecule has 0 aliphatic heterocycles. The summed E-state index contributed by atoms with van der Waals surface area (Å²) in [6.07, 6.45) is 1.85. The summed E-state index contributed by atoms with van der Waals surface area (Å²) < 4.78 is 0. The maximum absolute atomic E-state index is 4.59. The second-order valence-electron chi connectivity index (χ2n) is 4.50. The minimum absolute atomic E-state index is 0.240. The van der Waals surface area contributed by atoms with Crippen molar-refractivity contribution in [2.45, 2.75) is 39.7 Å². The van der Waals surface area contributed by atoms with Crippen LogP contribution in [0.1, 0.15) is 51.2 Å². The van der Waals surface area contributed by atoms with Gasteiger partial charge >= 0.3 is 0 Å². The number of aromatic nitrogens is 2. The molecule has 1 heterocycles. The second kappa shape index (κ2) is 5.21. The molecule has 1 rings (SSSR count). The van der Waals surface area contributed by atoms with E-state index in [4.69, 9.17) is 0 Å². The van der Waals surface area contributed by atoms with Crippen LogP contribution in [0, 0.1) is 5.92 Å². The van der Waals surface area contributed by atoms with Crippen molar-refractivity contribution in [2.75, 3.05) is 7.05 Å². The average molecular weight is 207 g/mol. The molecule has 0 amide bonds. The molecule has 0 aliphatic rings. The third-order valence-corrected chi connectivity index (χ3v) is 2.54. The van der Waals surface area contributed by atoms with Crippen LogP contribution in [0.3, 0.4) is 0 Å². The Morgan fingerprint density at radius 2 is 1.87 bits per heavy atom. The highest BCUT2D eigenvalue weighted by molar-refractivity contribution is 5.09. The number of nitrogens with zero attached hydrogens (tertiary/aromatic N) is 2. The Balaban J connectivity index is 2.98. The lowest BCUT2D eigenvalue weighted by Crippen LogP contribution is -2.24. The molecular weight excluding hydrogens is 186 g/mol. The Hall–Kier alpha value is -0.960. The van der Waals surface area contributed by atoms with Crippen molar-refractivity contribution in [3.8, 4) is 0 Å². The van der Waals surface area contributed by atoms with E-state index < -0.39 is 0 Å². The Kier molecular flexibility index (Phi) is 4.21. The molecule has 3 nitrogen and oxygen atoms in total. The fourth-order valence-electron chi connectivity index (χ4n) is 1.62. The summed E-state index contributed by atoms with van der Waals surface area (Å²) in [7, 11) is 1.95. The first-order valence-corrected chi connectivity index (χ1v) is 5.56. The van der Waals surface area contributed by atoms with Crippen LogP contribution in [0.4, 0.5) is 0 Å². The fourth-order valence-corrected chi connectivity index (χ4v) is 1.62. The predicted octanol–water partition coefficient (Wildman–Crippen LogP) is 2.52. The van der Waals surface area contributed by atoms with Crippen molar-refractivity contribution in [3.05, 3.63) is 23.8 Å². The molecule has 0 radical (unpaired) electrons. The zero-order valence-corrected chi connectivity index (χ0v) is 10.3. The SMILES string of the molecule is CNC(c1nccc(C(C)C)n1)C(C)C. The van der Waals surface area contributed by atoms with Gasteiger partial charge in [0.1, 0.15) is 5.82 Å². The fraction of sp³-hybridized carbons (Fsp3) is 0.667. The summed E-state index contributed by atoms with van der Waals surface area (Å²) in [5.74, 6) is 1.85. The van der Waals surface area contributed by atoms with Crippen molar-refractivity contribution >= 4 is 0 Å². The molecule has 3 heteroatoms. The Morgan fingerprint density at radius 3 is 2.33 bits per heavy atom. The van der Waals surface area contributed by atoms with Gasteiger partial charge in [0.2, 0.25) is 0 Å². The van der Waals surface area contributed by atoms with Gasteiger partial charge in [-0.1, -0.05) is 27.7 Å². The second-order valence-corrected chi connectivity index (χ2v) is 4.50. The summed E-state index contributed by atoms with van der Waals surface area (Å²) in [4.78, 5) is 8.93. The summed E-state index contributed by atoms with van der Waals surface area (Å²) in [5, 5.41) is 3.26. The molecule has 0 spiro atoms. The molecule has 0 saturated carbocycles. The van der Waals surface area contributed by atoms with Crippen molar-refractivity contribution < 1.29 is 0 Å². The molecular formula is C12H21N3. The van der Waals surface area contributed by atoms with Crippen LogP contribution in [0.2, 0.25) is 0 Å². The first kappa shape index (κ1) is 12.1. The lowest BCUT2D eigenvalue weighted by Gasteiger charge is -2.19. The van der Waals surface area contributed by atoms with Gasteiger partial charge in [0.05, 0.1) is 6.04 Å². The normalized spacial score (nSPS) is 13.5. The summed E-state index contributed by atoms with van der Waals surface area (Å²) in [6, 6.07) is 2.23. The summed E-state index contributed by atoms with van der Waals surface area (Å²) in [6.45, 7) is 8.64. The molecule has 1 aromatic heterocycles. The van der Waals surface area contributed by atoms with Crippen molar-refractivity contribution in [1.82, 2.24) is 15.3 Å². The zero-order chi connectivity index (χ0) is 11.4. The van der Waals surface area contributed by atoms with Crippen LogP contribution >= 0.6 is 0 Å². The van der Waals surface area contributed by atoms with E-state index in [0.717, 1.165) is 11.5 Å². The van der Waals surface area contributed by atoms with Crippen molar-refractivity contribution in [2.24, 2.45) is 5.92 Å². The highest BCUT2D eigenvalue weighted by atomic mass is 15.0. The van der Waals surface area contributed by atoms with E-state index >= 15 is 0 Å². The summed E-state index contributed by atoms with van der Waals surface area (Å²) in [5.41, 5.74) is 1.11. The predicted molar refractivity (Wildman–Crippen MR) is 62.8 cm³/mol. The average Bonchev–Trinajstić information content (AvgIpc) is 2.18. The minimum atomic E-state index is 0.240. The molecule has 0 fully saturated rings. The van der Waals surface area contributed by atoms with Crippen molar-refractivity contribution in [1.29, 1.82) is 0 Å². The Morgan fingerprint density at radius 1 is 1.20 bits per heavy atom. The van der Waals surface area contributed by atoms with Crippen LogP contribution in [0.5, 0.6) is 0 Å². The van der Waals surface area contributed by atoms with Gasteiger partial charge in [-0.05, 0) is 24.9 Å². The lowest BCUT2D eigenvalue weighted by atomic mass is 10.0. The maximum Gasteiger partial charge on any atom is 0.145 e. The smallest absolute Gasteiger partial charge is 0.145 e. The van der Waals surface area contributed by atoms with Gasteiger partial charge in [-0.3, -0.25) is 0 Å². The van der Waals surface area contributed by atoms with E-state index in [1.807, 2.05) is 19.3 Å². The molecule has 0 saturated heterocycles. The molecule has 1 atom stereocenters. The zero-order valence-electron chi connectivity index (χ0n) is 10.3. The van der Waals surface area contributed by atoms with Crippen LogP contribution in [0.25, 0.3) is 0 Å². The van der Waals surface area contributed by atoms with E-state index in [2.05, 4.69) is 43.0 Å². The maximum atomic E-state index is 4.59. The number of rotatable bonds is 4. The monoisotopic (exact) mass is 207 g/mol. The largest absolute Gasteiger partial charge is 0.310 e. The number of nitrogens with one attached hydrogen (secondary N) is 1. The van der Waals surface area contributed by atoms with Gasteiger partial charge in [0.15, 0.2) is 0 Å². The molecule has 0 aromatic carbocycles. The molecule has 1 aromatic rings. The van der Waals surface area contributed by atoms with E-state index in [1.165, 1.54) is 0 Å². The van der Waals surface area contributed by atoms with Gasteiger partial charge in [0, 0.05) is 11.9 Å². The van der Waals surface area contributed by atoms with E-state index in [0.29, 0.717) is 11.8 Å². The van der Waals surface area contributed by atoms with Gasteiger partial charge in [0.25, 0.3) is 0 Å². The summed E-state index contributed by atoms with van der Waals surface area (Å²) >= 11 is 0. The van der Waals surface area contributed by atoms with Crippen LogP contribution in [-0.4, -0.2) is 17.0 Å². The molecule has 1 unspecified atom stereocenters. The lowest BCUT2D eigenvalue weighted by molar-refractivity contribution is 0.421. The van der Waals surface area contributed by atoms with Gasteiger partial charge < -0.3 is 5.32 Å². The molecule has 84 valence electrons. The standard InChI is InChI=1S/C12H21N3/c1-8(2)10-6-7-14-12(15-10)11(13-5)9(3)4/h6-9,11,13H,1-5H3. The topological polar surface area (TPSA) is 37.8 Å². The third kappa shape index (κ3) is 2.99.